The molecule has 1 N–H and O–H groups in total. The number of carboxylic acids is 1. The maximum Gasteiger partial charge on any atom is 0.361 e. The molecule has 0 aliphatic heterocycles. The van der Waals surface area contributed by atoms with Crippen molar-refractivity contribution in [3.05, 3.63) is 109 Å². The summed E-state index contributed by atoms with van der Waals surface area (Å²) in [6.45, 7) is 4.61. The number of rotatable bonds is 41. The zero-order chi connectivity index (χ0) is 45.6. The van der Waals surface area contributed by atoms with Crippen LogP contribution in [0, 0.1) is 0 Å². The molecule has 2 atom stereocenters. The first-order chi connectivity index (χ1) is 30.1. The van der Waals surface area contributed by atoms with E-state index in [-0.39, 0.29) is 38.6 Å². The minimum atomic E-state index is -1.52. The van der Waals surface area contributed by atoms with Gasteiger partial charge >= 0.3 is 17.9 Å². The highest BCUT2D eigenvalue weighted by atomic mass is 16.7. The minimum absolute atomic E-state index is 0.175. The van der Waals surface area contributed by atoms with Gasteiger partial charge in [0, 0.05) is 12.8 Å². The Balaban J connectivity index is 4.29. The molecule has 0 aromatic carbocycles. The summed E-state index contributed by atoms with van der Waals surface area (Å²) in [6, 6.07) is 0. The van der Waals surface area contributed by atoms with Crippen molar-refractivity contribution >= 4 is 17.9 Å². The van der Waals surface area contributed by atoms with Gasteiger partial charge < -0.3 is 28.5 Å². The Kier molecular flexibility index (Phi) is 40.7. The van der Waals surface area contributed by atoms with Gasteiger partial charge in [-0.1, -0.05) is 162 Å². The van der Waals surface area contributed by atoms with Gasteiger partial charge in [-0.25, -0.2) is 4.79 Å². The maximum atomic E-state index is 12.7. The Morgan fingerprint density at radius 1 is 0.500 bits per heavy atom. The van der Waals surface area contributed by atoms with Gasteiger partial charge in [0.1, 0.15) is 13.2 Å². The predicted octanol–water partition coefficient (Wildman–Crippen LogP) is 12.8. The molecule has 0 heterocycles. The SMILES string of the molecule is CC/C=C\C/C=C\C/C=C\C/C=C\C/C=C\C/C=C\C/C=C\C/C=C\C/C=C\CCCCCC(=O)OC(COC(=O)CCCCCCCC)COC(OCC[N+](C)(C)C)C(=O)O. The highest BCUT2D eigenvalue weighted by Gasteiger charge is 2.25. The van der Waals surface area contributed by atoms with Crippen LogP contribution in [-0.2, 0) is 33.3 Å². The monoisotopic (exact) mass is 865 g/mol. The largest absolute Gasteiger partial charge is 0.477 e. The van der Waals surface area contributed by atoms with E-state index in [1.54, 1.807) is 0 Å². The number of carbonyl (C=O) groups excluding carboxylic acids is 2. The van der Waals surface area contributed by atoms with E-state index in [1.165, 1.54) is 6.42 Å². The third-order valence-electron chi connectivity index (χ3n) is 9.29. The summed E-state index contributed by atoms with van der Waals surface area (Å²) < 4.78 is 22.5. The lowest BCUT2D eigenvalue weighted by Gasteiger charge is -2.25. The Labute approximate surface area is 377 Å². The lowest BCUT2D eigenvalue weighted by Crippen LogP contribution is -2.40. The van der Waals surface area contributed by atoms with Crippen molar-refractivity contribution in [3.63, 3.8) is 0 Å². The minimum Gasteiger partial charge on any atom is -0.477 e. The molecule has 0 spiro atoms. The highest BCUT2D eigenvalue weighted by molar-refractivity contribution is 5.71. The summed E-state index contributed by atoms with van der Waals surface area (Å²) in [6.07, 6.45) is 56.2. The average molecular weight is 865 g/mol. The zero-order valence-electron chi connectivity index (χ0n) is 39.5. The predicted molar refractivity (Wildman–Crippen MR) is 258 cm³/mol. The molecule has 0 radical (unpaired) electrons. The van der Waals surface area contributed by atoms with Gasteiger partial charge in [-0.2, -0.15) is 0 Å². The van der Waals surface area contributed by atoms with E-state index in [0.717, 1.165) is 109 Å². The molecule has 9 heteroatoms. The van der Waals surface area contributed by atoms with Crippen LogP contribution in [0.15, 0.2) is 109 Å². The Morgan fingerprint density at radius 3 is 1.37 bits per heavy atom. The lowest BCUT2D eigenvalue weighted by atomic mass is 10.1. The maximum absolute atomic E-state index is 12.7. The van der Waals surface area contributed by atoms with Crippen LogP contribution < -0.4 is 0 Å². The molecule has 0 saturated carbocycles. The van der Waals surface area contributed by atoms with E-state index in [4.69, 9.17) is 18.9 Å². The van der Waals surface area contributed by atoms with Gasteiger partial charge in [-0.05, 0) is 83.5 Å². The van der Waals surface area contributed by atoms with Gasteiger partial charge in [-0.15, -0.1) is 0 Å². The first-order valence-corrected chi connectivity index (χ1v) is 23.6. The number of aliphatic carboxylic acids is 1. The first-order valence-electron chi connectivity index (χ1n) is 23.6. The molecule has 0 bridgehead atoms. The molecule has 9 nitrogen and oxygen atoms in total. The normalized spacial score (nSPS) is 13.9. The summed E-state index contributed by atoms with van der Waals surface area (Å²) in [5, 5.41) is 9.60. The smallest absolute Gasteiger partial charge is 0.361 e. The zero-order valence-corrected chi connectivity index (χ0v) is 39.5. The Morgan fingerprint density at radius 2 is 0.919 bits per heavy atom. The number of hydrogen-bond acceptors (Lipinski definition) is 7. The summed E-state index contributed by atoms with van der Waals surface area (Å²) in [4.78, 5) is 36.8. The fourth-order valence-corrected chi connectivity index (χ4v) is 5.65. The number of hydrogen-bond donors (Lipinski definition) is 1. The molecular formula is C53H86NO8+. The van der Waals surface area contributed by atoms with Crippen molar-refractivity contribution < 1.29 is 42.9 Å². The molecule has 350 valence electrons. The molecule has 0 aromatic rings. The van der Waals surface area contributed by atoms with E-state index in [0.29, 0.717) is 17.4 Å². The van der Waals surface area contributed by atoms with E-state index >= 15 is 0 Å². The van der Waals surface area contributed by atoms with Crippen LogP contribution in [0.2, 0.25) is 0 Å². The lowest BCUT2D eigenvalue weighted by molar-refractivity contribution is -0.870. The van der Waals surface area contributed by atoms with E-state index in [1.807, 2.05) is 21.1 Å². The van der Waals surface area contributed by atoms with Gasteiger partial charge in [-0.3, -0.25) is 9.59 Å². The summed E-state index contributed by atoms with van der Waals surface area (Å²) >= 11 is 0. The molecule has 2 unspecified atom stereocenters. The Hall–Kier alpha value is -4.05. The van der Waals surface area contributed by atoms with Crippen molar-refractivity contribution in [2.45, 2.75) is 161 Å². The van der Waals surface area contributed by atoms with Crippen LogP contribution in [0.4, 0.5) is 0 Å². The molecule has 0 aromatic heterocycles. The second-order valence-electron chi connectivity index (χ2n) is 16.3. The number of likely N-dealkylation sites (N-methyl/N-ethyl adjacent to an activating group) is 1. The standard InChI is InChI=1S/C53H85NO8/c1-6-8-10-12-14-15-16-17-18-19-20-21-22-23-24-25-26-27-28-29-30-31-32-33-34-35-36-37-38-40-42-44-51(56)62-49(47-60-50(55)43-41-39-13-11-9-7-2)48-61-53(52(57)58)59-46-45-54(3,4)5/h8,10,14-15,17-18,20-21,23-24,26-27,29-30,32-33,35-36,49,53H,6-7,9,11-13,16,19,22,25,28,31,34,37-48H2,1-5H3/p+1/b10-8-,15-14-,18-17-,21-20-,24-23-,27-26-,30-29-,33-32-,36-35-. The molecule has 0 fully saturated rings. The number of nitrogens with zero attached hydrogens (tertiary/aromatic N) is 1. The van der Waals surface area contributed by atoms with Gasteiger partial charge in [0.15, 0.2) is 6.10 Å². The van der Waals surface area contributed by atoms with E-state index in [2.05, 4.69) is 123 Å². The first kappa shape index (κ1) is 58.0. The fraction of sp³-hybridized carbons (Fsp3) is 0.604. The van der Waals surface area contributed by atoms with Gasteiger partial charge in [0.2, 0.25) is 0 Å². The number of unbranched alkanes of at least 4 members (excludes halogenated alkanes) is 8. The van der Waals surface area contributed by atoms with Crippen molar-refractivity contribution in [2.24, 2.45) is 0 Å². The third-order valence-corrected chi connectivity index (χ3v) is 9.29. The topological polar surface area (TPSA) is 108 Å². The van der Waals surface area contributed by atoms with Crippen LogP contribution in [0.3, 0.4) is 0 Å². The number of allylic oxidation sites excluding steroid dienone is 18. The van der Waals surface area contributed by atoms with Crippen LogP contribution in [0.5, 0.6) is 0 Å². The molecule has 0 rings (SSSR count). The average Bonchev–Trinajstić information content (AvgIpc) is 3.23. The van der Waals surface area contributed by atoms with Crippen LogP contribution in [-0.4, -0.2) is 87.4 Å². The molecule has 0 saturated heterocycles. The van der Waals surface area contributed by atoms with Crippen molar-refractivity contribution in [2.75, 3.05) is 47.5 Å². The number of carboxylic acid groups (broad SMARTS) is 1. The van der Waals surface area contributed by atoms with Crippen molar-refractivity contribution in [1.29, 1.82) is 0 Å². The molecule has 0 aliphatic carbocycles. The van der Waals surface area contributed by atoms with Crippen LogP contribution in [0.1, 0.15) is 149 Å². The second-order valence-corrected chi connectivity index (χ2v) is 16.3. The van der Waals surface area contributed by atoms with E-state index < -0.39 is 24.3 Å². The number of quaternary nitrogens is 1. The molecule has 62 heavy (non-hydrogen) atoms. The second kappa shape index (κ2) is 43.6. The number of carbonyl (C=O) groups is 3. The van der Waals surface area contributed by atoms with Crippen LogP contribution in [0.25, 0.3) is 0 Å². The quantitative estimate of drug-likeness (QED) is 0.0213. The highest BCUT2D eigenvalue weighted by Crippen LogP contribution is 2.11. The van der Waals surface area contributed by atoms with E-state index in [9.17, 15) is 19.5 Å². The Bertz CT molecular complexity index is 1380. The molecule has 0 aliphatic rings. The molecule has 0 amide bonds. The van der Waals surface area contributed by atoms with Gasteiger partial charge in [0.25, 0.3) is 6.29 Å². The van der Waals surface area contributed by atoms with Gasteiger partial charge in [0.05, 0.1) is 34.4 Å². The molecular weight excluding hydrogens is 779 g/mol. The summed E-state index contributed by atoms with van der Waals surface area (Å²) in [7, 11) is 5.92. The number of esters is 2. The summed E-state index contributed by atoms with van der Waals surface area (Å²) in [5.41, 5.74) is 0. The third kappa shape index (κ3) is 44.0. The van der Waals surface area contributed by atoms with Crippen molar-refractivity contribution in [3.8, 4) is 0 Å². The van der Waals surface area contributed by atoms with Crippen molar-refractivity contribution in [1.82, 2.24) is 0 Å². The number of ether oxygens (including phenoxy) is 4. The summed E-state index contributed by atoms with van der Waals surface area (Å²) in [5.74, 6) is -2.08. The van der Waals surface area contributed by atoms with Crippen LogP contribution >= 0.6 is 0 Å². The fourth-order valence-electron chi connectivity index (χ4n) is 5.65.